The van der Waals surface area contributed by atoms with E-state index in [1.807, 2.05) is 20.8 Å². The number of thiophene rings is 1. The van der Waals surface area contributed by atoms with Crippen molar-refractivity contribution in [1.82, 2.24) is 10.9 Å². The lowest BCUT2D eigenvalue weighted by atomic mass is 9.92. The first-order valence-corrected chi connectivity index (χ1v) is 10.2. The van der Waals surface area contributed by atoms with Gasteiger partial charge >= 0.3 is 0 Å². The minimum absolute atomic E-state index is 0.101. The van der Waals surface area contributed by atoms with Crippen LogP contribution in [-0.2, 0) is 14.8 Å². The van der Waals surface area contributed by atoms with Gasteiger partial charge in [0, 0.05) is 6.42 Å². The summed E-state index contributed by atoms with van der Waals surface area (Å²) in [6.07, 6.45) is 0.236. The van der Waals surface area contributed by atoms with Crippen LogP contribution in [0.5, 0.6) is 0 Å². The molecule has 2 aromatic rings. The Morgan fingerprint density at radius 2 is 1.73 bits per heavy atom. The lowest BCUT2D eigenvalue weighted by Crippen LogP contribution is -2.43. The smallest absolute Gasteiger partial charge is 0.271 e. The molecule has 0 aliphatic carbocycles. The van der Waals surface area contributed by atoms with Gasteiger partial charge in [0.25, 0.3) is 15.9 Å². The van der Waals surface area contributed by atoms with Gasteiger partial charge in [-0.15, -0.1) is 11.3 Å². The summed E-state index contributed by atoms with van der Waals surface area (Å²) < 4.78 is 27.3. The zero-order valence-electron chi connectivity index (χ0n) is 14.7. The first-order valence-electron chi connectivity index (χ1n) is 7.83. The van der Waals surface area contributed by atoms with Gasteiger partial charge < -0.3 is 0 Å². The Bertz CT molecular complexity index is 885. The molecule has 3 N–H and O–H groups in total. The SMILES string of the molecule is CC(C)(C)CC(=O)NNC(=O)c1ccccc1NS(=O)(=O)c1cccs1. The quantitative estimate of drug-likeness (QED) is 0.677. The van der Waals surface area contributed by atoms with Gasteiger partial charge in [-0.05, 0) is 29.0 Å². The number of anilines is 1. The van der Waals surface area contributed by atoms with Crippen molar-refractivity contribution in [3.8, 4) is 0 Å². The molecule has 0 saturated carbocycles. The summed E-state index contributed by atoms with van der Waals surface area (Å²) in [6.45, 7) is 5.72. The van der Waals surface area contributed by atoms with Crippen LogP contribution in [0.25, 0.3) is 0 Å². The molecule has 7 nitrogen and oxygen atoms in total. The molecule has 0 bridgehead atoms. The number of rotatable bonds is 5. The van der Waals surface area contributed by atoms with Crippen LogP contribution in [0, 0.1) is 5.41 Å². The fraction of sp³-hybridized carbons (Fsp3) is 0.294. The molecule has 0 unspecified atom stereocenters. The summed E-state index contributed by atoms with van der Waals surface area (Å²) in [5, 5.41) is 1.65. The highest BCUT2D eigenvalue weighted by Crippen LogP contribution is 2.23. The number of hydrogen-bond acceptors (Lipinski definition) is 5. The van der Waals surface area contributed by atoms with Crippen LogP contribution in [0.1, 0.15) is 37.6 Å². The molecule has 1 heterocycles. The highest BCUT2D eigenvalue weighted by Gasteiger charge is 2.20. The average Bonchev–Trinajstić information content (AvgIpc) is 3.06. The Hall–Kier alpha value is -2.39. The molecule has 9 heteroatoms. The Morgan fingerprint density at radius 3 is 2.35 bits per heavy atom. The number of sulfonamides is 1. The van der Waals surface area contributed by atoms with Crippen LogP contribution in [0.4, 0.5) is 5.69 Å². The van der Waals surface area contributed by atoms with Crippen molar-refractivity contribution in [3.63, 3.8) is 0 Å². The largest absolute Gasteiger partial charge is 0.278 e. The van der Waals surface area contributed by atoms with Crippen LogP contribution in [-0.4, -0.2) is 20.2 Å². The Balaban J connectivity index is 2.11. The summed E-state index contributed by atoms with van der Waals surface area (Å²) in [5.41, 5.74) is 4.66. The van der Waals surface area contributed by atoms with Crippen molar-refractivity contribution in [1.29, 1.82) is 0 Å². The summed E-state index contributed by atoms with van der Waals surface area (Å²) in [4.78, 5) is 24.2. The van der Waals surface area contributed by atoms with Gasteiger partial charge in [-0.1, -0.05) is 39.0 Å². The molecule has 2 rings (SSSR count). The molecule has 0 aliphatic heterocycles. The zero-order valence-corrected chi connectivity index (χ0v) is 16.3. The maximum atomic E-state index is 12.4. The fourth-order valence-electron chi connectivity index (χ4n) is 2.10. The van der Waals surface area contributed by atoms with Gasteiger partial charge in [0.2, 0.25) is 5.91 Å². The molecular formula is C17H21N3O4S2. The second-order valence-corrected chi connectivity index (χ2v) is 9.68. The predicted octanol–water partition coefficient (Wildman–Crippen LogP) is 2.75. The molecule has 0 aliphatic rings. The second kappa shape index (κ2) is 7.88. The Kier molecular flexibility index (Phi) is 6.04. The third kappa shape index (κ3) is 5.57. The number of para-hydroxylation sites is 1. The van der Waals surface area contributed by atoms with Crippen molar-refractivity contribution in [3.05, 3.63) is 47.3 Å². The van der Waals surface area contributed by atoms with E-state index >= 15 is 0 Å². The van der Waals surface area contributed by atoms with Crippen molar-refractivity contribution >= 4 is 38.9 Å². The number of hydrogen-bond donors (Lipinski definition) is 3. The fourth-order valence-corrected chi connectivity index (χ4v) is 4.17. The molecule has 0 atom stereocenters. The number of nitrogens with one attached hydrogen (secondary N) is 3. The van der Waals surface area contributed by atoms with Gasteiger partial charge in [0.05, 0.1) is 11.3 Å². The highest BCUT2D eigenvalue weighted by molar-refractivity contribution is 7.94. The number of carbonyl (C=O) groups excluding carboxylic acids is 2. The number of amides is 2. The normalized spacial score (nSPS) is 11.7. The van der Waals surface area contributed by atoms with E-state index in [0.29, 0.717) is 0 Å². The van der Waals surface area contributed by atoms with Crippen molar-refractivity contribution in [2.75, 3.05) is 4.72 Å². The van der Waals surface area contributed by atoms with E-state index in [0.717, 1.165) is 11.3 Å². The van der Waals surface area contributed by atoms with Crippen molar-refractivity contribution in [2.45, 2.75) is 31.4 Å². The van der Waals surface area contributed by atoms with Crippen molar-refractivity contribution < 1.29 is 18.0 Å². The minimum atomic E-state index is -3.78. The number of hydrazine groups is 1. The standard InChI is InChI=1S/C17H21N3O4S2/c1-17(2,3)11-14(21)18-19-16(22)12-7-4-5-8-13(12)20-26(23,24)15-9-6-10-25-15/h4-10,20H,11H2,1-3H3,(H,18,21)(H,19,22). The van der Waals surface area contributed by atoms with E-state index in [9.17, 15) is 18.0 Å². The van der Waals surface area contributed by atoms with E-state index in [-0.39, 0.29) is 33.2 Å². The number of benzene rings is 1. The molecule has 2 amide bonds. The van der Waals surface area contributed by atoms with Gasteiger partial charge in [-0.25, -0.2) is 8.42 Å². The zero-order chi connectivity index (χ0) is 19.4. The third-order valence-corrected chi connectivity index (χ3v) is 5.95. The van der Waals surface area contributed by atoms with Gasteiger partial charge in [0.15, 0.2) is 0 Å². The van der Waals surface area contributed by atoms with Gasteiger partial charge in [-0.3, -0.25) is 25.2 Å². The van der Waals surface area contributed by atoms with E-state index in [1.165, 1.54) is 18.2 Å². The first kappa shape index (κ1) is 19.9. The lowest BCUT2D eigenvalue weighted by Gasteiger charge is -2.18. The maximum absolute atomic E-state index is 12.4. The van der Waals surface area contributed by atoms with Crippen LogP contribution < -0.4 is 15.6 Å². The molecule has 0 fully saturated rings. The van der Waals surface area contributed by atoms with Crippen LogP contribution in [0.15, 0.2) is 46.0 Å². The summed E-state index contributed by atoms with van der Waals surface area (Å²) in [7, 11) is -3.78. The molecule has 140 valence electrons. The van der Waals surface area contributed by atoms with E-state index in [2.05, 4.69) is 15.6 Å². The summed E-state index contributed by atoms with van der Waals surface area (Å²) in [6, 6.07) is 9.27. The Labute approximate surface area is 156 Å². The molecule has 1 aromatic heterocycles. The molecule has 0 spiro atoms. The molecular weight excluding hydrogens is 374 g/mol. The summed E-state index contributed by atoms with van der Waals surface area (Å²) >= 11 is 1.07. The molecule has 0 radical (unpaired) electrons. The second-order valence-electron chi connectivity index (χ2n) is 6.82. The molecule has 0 saturated heterocycles. The van der Waals surface area contributed by atoms with Crippen LogP contribution in [0.2, 0.25) is 0 Å². The summed E-state index contributed by atoms with van der Waals surface area (Å²) in [5.74, 6) is -0.945. The van der Waals surface area contributed by atoms with Crippen molar-refractivity contribution in [2.24, 2.45) is 5.41 Å². The van der Waals surface area contributed by atoms with Crippen LogP contribution in [0.3, 0.4) is 0 Å². The third-order valence-electron chi connectivity index (χ3n) is 3.18. The van der Waals surface area contributed by atoms with E-state index in [4.69, 9.17) is 0 Å². The Morgan fingerprint density at radius 1 is 1.04 bits per heavy atom. The predicted molar refractivity (Wildman–Crippen MR) is 101 cm³/mol. The van der Waals surface area contributed by atoms with Gasteiger partial charge in [-0.2, -0.15) is 0 Å². The monoisotopic (exact) mass is 395 g/mol. The van der Waals surface area contributed by atoms with E-state index < -0.39 is 15.9 Å². The molecule has 1 aromatic carbocycles. The van der Waals surface area contributed by atoms with Gasteiger partial charge in [0.1, 0.15) is 4.21 Å². The van der Waals surface area contributed by atoms with E-state index in [1.54, 1.807) is 23.6 Å². The maximum Gasteiger partial charge on any atom is 0.271 e. The van der Waals surface area contributed by atoms with Crippen LogP contribution >= 0.6 is 11.3 Å². The molecule has 26 heavy (non-hydrogen) atoms. The lowest BCUT2D eigenvalue weighted by molar-refractivity contribution is -0.123. The average molecular weight is 396 g/mol. The topological polar surface area (TPSA) is 104 Å². The first-order chi connectivity index (χ1) is 12.1. The minimum Gasteiger partial charge on any atom is -0.278 e. The number of carbonyl (C=O) groups is 2. The highest BCUT2D eigenvalue weighted by atomic mass is 32.2.